The predicted octanol–water partition coefficient (Wildman–Crippen LogP) is 5.05. The molecule has 6 heteroatoms. The van der Waals surface area contributed by atoms with Crippen molar-refractivity contribution in [2.75, 3.05) is 11.9 Å². The van der Waals surface area contributed by atoms with Crippen LogP contribution < -0.4 is 5.32 Å². The van der Waals surface area contributed by atoms with Gasteiger partial charge in [0, 0.05) is 10.9 Å². The number of carbonyl (C=O) groups is 2. The quantitative estimate of drug-likeness (QED) is 0.639. The second-order valence-electron chi connectivity index (χ2n) is 5.80. The maximum Gasteiger partial charge on any atom is 0.341 e. The summed E-state index contributed by atoms with van der Waals surface area (Å²) in [4.78, 5) is 24.9. The third-order valence-electron chi connectivity index (χ3n) is 3.82. The molecule has 0 unspecified atom stereocenters. The Hall–Kier alpha value is -2.86. The Morgan fingerprint density at radius 1 is 1.12 bits per heavy atom. The van der Waals surface area contributed by atoms with Crippen LogP contribution in [0.2, 0.25) is 0 Å². The van der Waals surface area contributed by atoms with Crippen molar-refractivity contribution in [1.82, 2.24) is 0 Å². The van der Waals surface area contributed by atoms with Gasteiger partial charge in [0.2, 0.25) is 0 Å². The first-order chi connectivity index (χ1) is 12.5. The van der Waals surface area contributed by atoms with Gasteiger partial charge >= 0.3 is 5.97 Å². The van der Waals surface area contributed by atoms with Crippen molar-refractivity contribution in [2.24, 2.45) is 0 Å². The number of esters is 1. The first kappa shape index (κ1) is 17.9. The van der Waals surface area contributed by atoms with Gasteiger partial charge < -0.3 is 14.5 Å². The molecule has 0 atom stereocenters. The van der Waals surface area contributed by atoms with Gasteiger partial charge in [-0.3, -0.25) is 4.79 Å². The van der Waals surface area contributed by atoms with E-state index in [4.69, 9.17) is 9.15 Å². The Bertz CT molecular complexity index is 937. The summed E-state index contributed by atoms with van der Waals surface area (Å²) in [5.41, 5.74) is 3.12. The molecule has 0 aliphatic heterocycles. The molecule has 0 spiro atoms. The van der Waals surface area contributed by atoms with E-state index >= 15 is 0 Å². The fourth-order valence-electron chi connectivity index (χ4n) is 2.52. The lowest BCUT2D eigenvalue weighted by Gasteiger charge is -2.08. The first-order valence-corrected chi connectivity index (χ1v) is 9.11. The number of furan rings is 1. The van der Waals surface area contributed by atoms with Crippen molar-refractivity contribution >= 4 is 28.2 Å². The zero-order chi connectivity index (χ0) is 18.7. The summed E-state index contributed by atoms with van der Waals surface area (Å²) in [6.45, 7) is 5.77. The molecule has 0 fully saturated rings. The third kappa shape index (κ3) is 3.70. The van der Waals surface area contributed by atoms with E-state index in [0.29, 0.717) is 16.3 Å². The van der Waals surface area contributed by atoms with Gasteiger partial charge in [0.1, 0.15) is 16.3 Å². The number of anilines is 1. The van der Waals surface area contributed by atoms with Crippen LogP contribution in [0, 0.1) is 13.8 Å². The summed E-state index contributed by atoms with van der Waals surface area (Å²) in [5, 5.41) is 5.06. The summed E-state index contributed by atoms with van der Waals surface area (Å²) in [5.74, 6) is -0.0221. The molecular weight excluding hydrogens is 350 g/mol. The molecule has 3 aromatic rings. The van der Waals surface area contributed by atoms with Gasteiger partial charge in [0.15, 0.2) is 5.76 Å². The van der Waals surface area contributed by atoms with E-state index in [9.17, 15) is 9.59 Å². The highest BCUT2D eigenvalue weighted by Crippen LogP contribution is 2.36. The van der Waals surface area contributed by atoms with Gasteiger partial charge in [0.05, 0.1) is 6.61 Å². The maximum atomic E-state index is 12.5. The smallest absolute Gasteiger partial charge is 0.341 e. The summed E-state index contributed by atoms with van der Waals surface area (Å²) >= 11 is 1.28. The molecule has 0 aliphatic carbocycles. The molecule has 134 valence electrons. The third-order valence-corrected chi connectivity index (χ3v) is 4.72. The molecule has 1 amide bonds. The van der Waals surface area contributed by atoms with Crippen LogP contribution in [0.5, 0.6) is 0 Å². The highest BCUT2D eigenvalue weighted by molar-refractivity contribution is 7.15. The number of nitrogens with one attached hydrogen (secondary N) is 1. The lowest BCUT2D eigenvalue weighted by atomic mass is 10.0. The average Bonchev–Trinajstić information content (AvgIpc) is 3.22. The minimum absolute atomic E-state index is 0.197. The zero-order valence-corrected chi connectivity index (χ0v) is 15.6. The lowest BCUT2D eigenvalue weighted by Crippen LogP contribution is -2.14. The van der Waals surface area contributed by atoms with Crippen molar-refractivity contribution in [1.29, 1.82) is 0 Å². The number of benzene rings is 1. The second-order valence-corrected chi connectivity index (χ2v) is 6.68. The molecule has 0 radical (unpaired) electrons. The van der Waals surface area contributed by atoms with Crippen LogP contribution >= 0.6 is 11.3 Å². The van der Waals surface area contributed by atoms with Crippen molar-refractivity contribution < 1.29 is 18.7 Å². The molecule has 0 saturated carbocycles. The number of hydrogen-bond acceptors (Lipinski definition) is 5. The van der Waals surface area contributed by atoms with Crippen LogP contribution in [0.25, 0.3) is 11.1 Å². The van der Waals surface area contributed by atoms with Gasteiger partial charge in [-0.15, -0.1) is 11.3 Å². The first-order valence-electron chi connectivity index (χ1n) is 8.23. The van der Waals surface area contributed by atoms with Crippen LogP contribution in [0.4, 0.5) is 5.00 Å². The minimum Gasteiger partial charge on any atom is -0.462 e. The fourth-order valence-corrected chi connectivity index (χ4v) is 3.48. The van der Waals surface area contributed by atoms with Crippen molar-refractivity contribution in [3.05, 3.63) is 64.4 Å². The van der Waals surface area contributed by atoms with E-state index in [1.807, 2.05) is 36.6 Å². The largest absolute Gasteiger partial charge is 0.462 e. The standard InChI is InChI=1S/C20H19NO4S/c1-4-24-20(23)17-15(14-8-5-12(2)6-9-14)11-26-19(17)21-18(22)16-10-7-13(3)25-16/h5-11H,4H2,1-3H3,(H,21,22). The van der Waals surface area contributed by atoms with Crippen molar-refractivity contribution in [3.8, 4) is 11.1 Å². The highest BCUT2D eigenvalue weighted by Gasteiger charge is 2.23. The average molecular weight is 369 g/mol. The van der Waals surface area contributed by atoms with E-state index in [0.717, 1.165) is 16.7 Å². The Morgan fingerprint density at radius 2 is 1.85 bits per heavy atom. The van der Waals surface area contributed by atoms with E-state index in [-0.39, 0.29) is 12.4 Å². The molecule has 1 aromatic carbocycles. The molecule has 5 nitrogen and oxygen atoms in total. The Balaban J connectivity index is 1.98. The molecule has 0 saturated heterocycles. The van der Waals surface area contributed by atoms with Crippen molar-refractivity contribution in [3.63, 3.8) is 0 Å². The molecule has 3 rings (SSSR count). The number of amides is 1. The number of aryl methyl sites for hydroxylation is 2. The van der Waals surface area contributed by atoms with Crippen molar-refractivity contribution in [2.45, 2.75) is 20.8 Å². The summed E-state index contributed by atoms with van der Waals surface area (Å²) < 4.78 is 10.5. The van der Waals surface area contributed by atoms with E-state index in [2.05, 4.69) is 5.32 Å². The second kappa shape index (κ2) is 7.58. The van der Waals surface area contributed by atoms with Gasteiger partial charge in [-0.2, -0.15) is 0 Å². The van der Waals surface area contributed by atoms with Crippen LogP contribution in [-0.4, -0.2) is 18.5 Å². The SMILES string of the molecule is CCOC(=O)c1c(-c2ccc(C)cc2)csc1NC(=O)c1ccc(C)o1. The van der Waals surface area contributed by atoms with Gasteiger partial charge in [-0.1, -0.05) is 29.8 Å². The number of ether oxygens (including phenoxy) is 1. The molecule has 26 heavy (non-hydrogen) atoms. The van der Waals surface area contributed by atoms with E-state index in [1.54, 1.807) is 26.0 Å². The van der Waals surface area contributed by atoms with Gasteiger partial charge in [-0.25, -0.2) is 4.79 Å². The van der Waals surface area contributed by atoms with Crippen LogP contribution in [0.1, 0.15) is 39.2 Å². The fraction of sp³-hybridized carbons (Fsp3) is 0.200. The normalized spacial score (nSPS) is 10.6. The summed E-state index contributed by atoms with van der Waals surface area (Å²) in [6, 6.07) is 11.2. The van der Waals surface area contributed by atoms with Gasteiger partial charge in [0.25, 0.3) is 5.91 Å². The van der Waals surface area contributed by atoms with E-state index < -0.39 is 11.9 Å². The molecule has 0 bridgehead atoms. The van der Waals surface area contributed by atoms with Gasteiger partial charge in [-0.05, 0) is 38.5 Å². The molecule has 1 N–H and O–H groups in total. The van der Waals surface area contributed by atoms with Crippen LogP contribution in [0.15, 0.2) is 46.2 Å². The predicted molar refractivity (Wildman–Crippen MR) is 102 cm³/mol. The molecule has 2 aromatic heterocycles. The topological polar surface area (TPSA) is 68.5 Å². The zero-order valence-electron chi connectivity index (χ0n) is 14.8. The lowest BCUT2D eigenvalue weighted by molar-refractivity contribution is 0.0529. The number of hydrogen-bond donors (Lipinski definition) is 1. The highest BCUT2D eigenvalue weighted by atomic mass is 32.1. The maximum absolute atomic E-state index is 12.5. The molecule has 2 heterocycles. The Kier molecular flexibility index (Phi) is 5.23. The summed E-state index contributed by atoms with van der Waals surface area (Å²) in [6.07, 6.45) is 0. The molecular formula is C20H19NO4S. The monoisotopic (exact) mass is 369 g/mol. The molecule has 0 aliphatic rings. The number of thiophene rings is 1. The number of carbonyl (C=O) groups excluding carboxylic acids is 2. The van der Waals surface area contributed by atoms with E-state index in [1.165, 1.54) is 11.3 Å². The minimum atomic E-state index is -0.463. The van der Waals surface area contributed by atoms with Crippen LogP contribution in [0.3, 0.4) is 0 Å². The Morgan fingerprint density at radius 3 is 2.46 bits per heavy atom. The Labute approximate surface area is 155 Å². The van der Waals surface area contributed by atoms with Crippen LogP contribution in [-0.2, 0) is 4.74 Å². The summed E-state index contributed by atoms with van der Waals surface area (Å²) in [7, 11) is 0. The number of rotatable bonds is 5.